The average Bonchev–Trinajstić information content (AvgIpc) is 2.65. The Balaban J connectivity index is 1.95. The van der Waals surface area contributed by atoms with E-state index in [2.05, 4.69) is 29.0 Å². The molecular weight excluding hydrogens is 354 g/mol. The van der Waals surface area contributed by atoms with Gasteiger partial charge in [-0.05, 0) is 57.2 Å². The van der Waals surface area contributed by atoms with Crippen molar-refractivity contribution in [3.8, 4) is 0 Å². The monoisotopic (exact) mass is 375 g/mol. The van der Waals surface area contributed by atoms with E-state index in [1.165, 1.54) is 13.1 Å². The molecule has 0 aliphatic rings. The normalized spacial score (nSPS) is 11.5. The van der Waals surface area contributed by atoms with Crippen molar-refractivity contribution >= 4 is 35.0 Å². The van der Waals surface area contributed by atoms with Gasteiger partial charge in [-0.15, -0.1) is 0 Å². The Bertz CT molecular complexity index is 744. The van der Waals surface area contributed by atoms with Gasteiger partial charge in [0.2, 0.25) is 0 Å². The number of rotatable bonds is 7. The van der Waals surface area contributed by atoms with Crippen LogP contribution in [-0.4, -0.2) is 36.1 Å². The fourth-order valence-electron chi connectivity index (χ4n) is 2.36. The van der Waals surface area contributed by atoms with Gasteiger partial charge < -0.3 is 15.0 Å². The van der Waals surface area contributed by atoms with E-state index in [4.69, 9.17) is 16.3 Å². The molecule has 0 aliphatic carbocycles. The topological polar surface area (TPSA) is 71.5 Å². The number of pyridine rings is 1. The Hall–Kier alpha value is -2.60. The maximum atomic E-state index is 12.2. The van der Waals surface area contributed by atoms with Crippen molar-refractivity contribution in [3.05, 3.63) is 53.2 Å². The summed E-state index contributed by atoms with van der Waals surface area (Å²) < 4.78 is 5.23. The molecule has 0 unspecified atom stereocenters. The molecule has 0 fully saturated rings. The van der Waals surface area contributed by atoms with Crippen LogP contribution in [0.1, 0.15) is 31.1 Å². The largest absolute Gasteiger partial charge is 0.449 e. The number of hydrogen-bond donors (Lipinski definition) is 1. The third-order valence-electron chi connectivity index (χ3n) is 3.86. The molecule has 1 aromatic heterocycles. The maximum absolute atomic E-state index is 12.2. The summed E-state index contributed by atoms with van der Waals surface area (Å²) in [6, 6.07) is 10.3. The van der Waals surface area contributed by atoms with Gasteiger partial charge in [0.05, 0.1) is 10.6 Å². The van der Waals surface area contributed by atoms with E-state index in [1.807, 2.05) is 12.1 Å². The van der Waals surface area contributed by atoms with Crippen LogP contribution in [0.15, 0.2) is 42.6 Å². The fraction of sp³-hybridized carbons (Fsp3) is 0.316. The number of aromatic nitrogens is 1. The molecule has 1 atom stereocenters. The van der Waals surface area contributed by atoms with Crippen LogP contribution >= 0.6 is 11.6 Å². The van der Waals surface area contributed by atoms with Crippen molar-refractivity contribution in [2.75, 3.05) is 23.3 Å². The Morgan fingerprint density at radius 1 is 1.15 bits per heavy atom. The van der Waals surface area contributed by atoms with Crippen LogP contribution in [0.3, 0.4) is 0 Å². The standard InChI is InChI=1S/C19H22ClN3O3/c1-4-23(5-2)16-9-6-14(7-10-16)19(25)26-13(3)18(24)22-17-11-8-15(20)12-21-17/h6-13H,4-5H2,1-3H3,(H,21,22,24)/t13-/m1/s1. The second kappa shape index (κ2) is 9.20. The maximum Gasteiger partial charge on any atom is 0.338 e. The lowest BCUT2D eigenvalue weighted by Gasteiger charge is -2.21. The number of nitrogens with zero attached hydrogens (tertiary/aromatic N) is 2. The molecule has 0 saturated heterocycles. The molecule has 0 radical (unpaired) electrons. The highest BCUT2D eigenvalue weighted by Crippen LogP contribution is 2.16. The summed E-state index contributed by atoms with van der Waals surface area (Å²) in [4.78, 5) is 30.5. The second-order valence-electron chi connectivity index (χ2n) is 5.62. The van der Waals surface area contributed by atoms with E-state index >= 15 is 0 Å². The minimum atomic E-state index is -0.956. The third-order valence-corrected chi connectivity index (χ3v) is 4.09. The Morgan fingerprint density at radius 2 is 1.81 bits per heavy atom. The first-order valence-corrected chi connectivity index (χ1v) is 8.80. The van der Waals surface area contributed by atoms with Crippen molar-refractivity contribution in [1.29, 1.82) is 0 Å². The molecule has 0 bridgehead atoms. The minimum absolute atomic E-state index is 0.339. The highest BCUT2D eigenvalue weighted by atomic mass is 35.5. The summed E-state index contributed by atoms with van der Waals surface area (Å²) in [5, 5.41) is 3.04. The number of carbonyl (C=O) groups is 2. The van der Waals surface area contributed by atoms with Gasteiger partial charge in [0.15, 0.2) is 6.10 Å². The molecule has 1 aromatic carbocycles. The first-order chi connectivity index (χ1) is 12.4. The summed E-state index contributed by atoms with van der Waals surface area (Å²) in [6.07, 6.45) is 0.466. The lowest BCUT2D eigenvalue weighted by Crippen LogP contribution is -2.30. The summed E-state index contributed by atoms with van der Waals surface area (Å²) in [7, 11) is 0. The van der Waals surface area contributed by atoms with Gasteiger partial charge in [-0.2, -0.15) is 0 Å². The van der Waals surface area contributed by atoms with E-state index < -0.39 is 18.0 Å². The second-order valence-corrected chi connectivity index (χ2v) is 6.05. The summed E-state index contributed by atoms with van der Waals surface area (Å²) in [5.41, 5.74) is 1.43. The van der Waals surface area contributed by atoms with Crippen LogP contribution in [0.4, 0.5) is 11.5 Å². The highest BCUT2D eigenvalue weighted by Gasteiger charge is 2.19. The average molecular weight is 376 g/mol. The van der Waals surface area contributed by atoms with Crippen molar-refractivity contribution in [2.45, 2.75) is 26.9 Å². The molecule has 1 N–H and O–H groups in total. The zero-order valence-corrected chi connectivity index (χ0v) is 15.8. The number of benzene rings is 1. The fourth-order valence-corrected chi connectivity index (χ4v) is 2.47. The van der Waals surface area contributed by atoms with E-state index in [-0.39, 0.29) is 0 Å². The van der Waals surface area contributed by atoms with Crippen molar-refractivity contribution in [1.82, 2.24) is 4.98 Å². The van der Waals surface area contributed by atoms with Crippen molar-refractivity contribution in [2.24, 2.45) is 0 Å². The first-order valence-electron chi connectivity index (χ1n) is 8.43. The van der Waals surface area contributed by atoms with Gasteiger partial charge in [0, 0.05) is 25.0 Å². The number of esters is 1. The first kappa shape index (κ1) is 19.7. The minimum Gasteiger partial charge on any atom is -0.449 e. The number of amides is 1. The SMILES string of the molecule is CCN(CC)c1ccc(C(=O)O[C@H](C)C(=O)Nc2ccc(Cl)cn2)cc1. The van der Waals surface area contributed by atoms with Crippen LogP contribution in [0, 0.1) is 0 Å². The molecule has 0 aliphatic heterocycles. The number of nitrogens with one attached hydrogen (secondary N) is 1. The molecule has 1 heterocycles. The van der Waals surface area contributed by atoms with Gasteiger partial charge >= 0.3 is 5.97 Å². The van der Waals surface area contributed by atoms with Gasteiger partial charge in [-0.1, -0.05) is 11.6 Å². The van der Waals surface area contributed by atoms with Crippen molar-refractivity contribution < 1.29 is 14.3 Å². The quantitative estimate of drug-likeness (QED) is 0.746. The van der Waals surface area contributed by atoms with E-state index in [9.17, 15) is 9.59 Å². The Labute approximate surface area is 158 Å². The number of carbonyl (C=O) groups excluding carboxylic acids is 2. The van der Waals surface area contributed by atoms with Gasteiger partial charge in [0.1, 0.15) is 5.82 Å². The summed E-state index contributed by atoms with van der Waals surface area (Å²) >= 11 is 5.75. The number of ether oxygens (including phenoxy) is 1. The van der Waals surface area contributed by atoms with Crippen molar-refractivity contribution in [3.63, 3.8) is 0 Å². The predicted molar refractivity (Wildman–Crippen MR) is 103 cm³/mol. The number of halogens is 1. The molecular formula is C19H22ClN3O3. The third kappa shape index (κ3) is 5.20. The predicted octanol–water partition coefficient (Wildman–Crippen LogP) is 3.77. The molecule has 2 aromatic rings. The smallest absolute Gasteiger partial charge is 0.338 e. The van der Waals surface area contributed by atoms with E-state index in [0.29, 0.717) is 16.4 Å². The molecule has 7 heteroatoms. The van der Waals surface area contributed by atoms with Crippen LogP contribution in [-0.2, 0) is 9.53 Å². The highest BCUT2D eigenvalue weighted by molar-refractivity contribution is 6.30. The molecule has 6 nitrogen and oxygen atoms in total. The molecule has 0 saturated carbocycles. The Morgan fingerprint density at radius 3 is 2.35 bits per heavy atom. The number of hydrogen-bond acceptors (Lipinski definition) is 5. The van der Waals surface area contributed by atoms with Gasteiger partial charge in [-0.25, -0.2) is 9.78 Å². The zero-order valence-electron chi connectivity index (χ0n) is 15.0. The van der Waals surface area contributed by atoms with Gasteiger partial charge in [-0.3, -0.25) is 4.79 Å². The van der Waals surface area contributed by atoms with Gasteiger partial charge in [0.25, 0.3) is 5.91 Å². The lowest BCUT2D eigenvalue weighted by molar-refractivity contribution is -0.123. The van der Waals surface area contributed by atoms with Crippen LogP contribution in [0.5, 0.6) is 0 Å². The van der Waals surface area contributed by atoms with Crippen LogP contribution in [0.2, 0.25) is 5.02 Å². The molecule has 138 valence electrons. The molecule has 2 rings (SSSR count). The Kier molecular flexibility index (Phi) is 6.97. The van der Waals surface area contributed by atoms with E-state index in [1.54, 1.807) is 24.3 Å². The molecule has 26 heavy (non-hydrogen) atoms. The van der Waals surface area contributed by atoms with Crippen LogP contribution in [0.25, 0.3) is 0 Å². The zero-order chi connectivity index (χ0) is 19.1. The lowest BCUT2D eigenvalue weighted by atomic mass is 10.2. The molecule has 1 amide bonds. The number of anilines is 2. The molecule has 0 spiro atoms. The summed E-state index contributed by atoms with van der Waals surface area (Å²) in [6.45, 7) is 7.42. The van der Waals surface area contributed by atoms with Crippen LogP contribution < -0.4 is 10.2 Å². The summed E-state index contributed by atoms with van der Waals surface area (Å²) in [5.74, 6) is -0.679. The van der Waals surface area contributed by atoms with E-state index in [0.717, 1.165) is 18.8 Å².